The molecule has 0 radical (unpaired) electrons. The van der Waals surface area contributed by atoms with E-state index in [2.05, 4.69) is 5.32 Å². The van der Waals surface area contributed by atoms with Crippen LogP contribution in [0, 0.1) is 5.82 Å². The number of carbonyl (C=O) groups is 2. The van der Waals surface area contributed by atoms with Crippen molar-refractivity contribution < 1.29 is 18.7 Å². The number of ether oxygens (including phenoxy) is 1. The van der Waals surface area contributed by atoms with Gasteiger partial charge in [-0.2, -0.15) is 0 Å². The monoisotopic (exact) mass is 372 g/mol. The second-order valence-corrected chi connectivity index (χ2v) is 6.01. The van der Waals surface area contributed by atoms with E-state index in [1.807, 2.05) is 13.8 Å². The first-order valence-electron chi connectivity index (χ1n) is 9.11. The molecule has 0 aliphatic carbocycles. The number of hydrogen-bond acceptors (Lipinski definition) is 3. The maximum absolute atomic E-state index is 13.0. The number of rotatable bonds is 9. The largest absolute Gasteiger partial charge is 0.493 e. The van der Waals surface area contributed by atoms with Crippen molar-refractivity contribution in [2.24, 2.45) is 0 Å². The summed E-state index contributed by atoms with van der Waals surface area (Å²) in [5.41, 5.74) is 1.24. The van der Waals surface area contributed by atoms with Gasteiger partial charge in [0.15, 0.2) is 0 Å². The van der Waals surface area contributed by atoms with E-state index in [-0.39, 0.29) is 24.1 Å². The summed E-state index contributed by atoms with van der Waals surface area (Å²) in [6.45, 7) is 5.52. The molecule has 0 unspecified atom stereocenters. The quantitative estimate of drug-likeness (QED) is 0.674. The summed E-state index contributed by atoms with van der Waals surface area (Å²) in [4.78, 5) is 26.0. The first-order valence-corrected chi connectivity index (χ1v) is 9.11. The van der Waals surface area contributed by atoms with E-state index in [0.717, 1.165) is 0 Å². The van der Waals surface area contributed by atoms with Crippen LogP contribution in [0.1, 0.15) is 37.0 Å². The normalized spacial score (nSPS) is 10.3. The van der Waals surface area contributed by atoms with Crippen molar-refractivity contribution in [3.05, 3.63) is 59.9 Å². The van der Waals surface area contributed by atoms with Gasteiger partial charge in [-0.05, 0) is 56.7 Å². The average molecular weight is 372 g/mol. The predicted octanol–water partition coefficient (Wildman–Crippen LogP) is 4.11. The van der Waals surface area contributed by atoms with Gasteiger partial charge in [0.2, 0.25) is 5.91 Å². The SMILES string of the molecule is CCN(CC)C(=O)c1ccc(NC(=O)CCCOc2cccc(F)c2)cc1. The van der Waals surface area contributed by atoms with E-state index in [1.165, 1.54) is 12.1 Å². The van der Waals surface area contributed by atoms with Crippen LogP contribution in [0.2, 0.25) is 0 Å². The third-order valence-corrected chi connectivity index (χ3v) is 4.08. The molecule has 0 fully saturated rings. The number of nitrogens with one attached hydrogen (secondary N) is 1. The van der Waals surface area contributed by atoms with Gasteiger partial charge in [-0.3, -0.25) is 9.59 Å². The third-order valence-electron chi connectivity index (χ3n) is 4.08. The van der Waals surface area contributed by atoms with Gasteiger partial charge in [0, 0.05) is 36.8 Å². The van der Waals surface area contributed by atoms with Crippen molar-refractivity contribution in [2.45, 2.75) is 26.7 Å². The van der Waals surface area contributed by atoms with Crippen molar-refractivity contribution in [1.82, 2.24) is 4.90 Å². The lowest BCUT2D eigenvalue weighted by Gasteiger charge is -2.18. The van der Waals surface area contributed by atoms with Gasteiger partial charge in [0.25, 0.3) is 5.91 Å². The molecule has 2 amide bonds. The molecule has 0 heterocycles. The Balaban J connectivity index is 1.76. The Morgan fingerprint density at radius 2 is 1.78 bits per heavy atom. The highest BCUT2D eigenvalue weighted by molar-refractivity contribution is 5.95. The van der Waals surface area contributed by atoms with Gasteiger partial charge >= 0.3 is 0 Å². The summed E-state index contributed by atoms with van der Waals surface area (Å²) >= 11 is 0. The second-order valence-electron chi connectivity index (χ2n) is 6.01. The average Bonchev–Trinajstić information content (AvgIpc) is 2.67. The minimum Gasteiger partial charge on any atom is -0.493 e. The third kappa shape index (κ3) is 6.40. The van der Waals surface area contributed by atoms with Crippen LogP contribution in [-0.4, -0.2) is 36.4 Å². The van der Waals surface area contributed by atoms with Crippen LogP contribution >= 0.6 is 0 Å². The van der Waals surface area contributed by atoms with Crippen molar-refractivity contribution in [1.29, 1.82) is 0 Å². The lowest BCUT2D eigenvalue weighted by molar-refractivity contribution is -0.116. The lowest BCUT2D eigenvalue weighted by Crippen LogP contribution is -2.30. The van der Waals surface area contributed by atoms with Crippen LogP contribution in [0.3, 0.4) is 0 Å². The second kappa shape index (κ2) is 10.3. The summed E-state index contributed by atoms with van der Waals surface area (Å²) in [5.74, 6) is -0.0648. The van der Waals surface area contributed by atoms with Gasteiger partial charge in [0.05, 0.1) is 6.61 Å². The van der Waals surface area contributed by atoms with Crippen LogP contribution in [0.25, 0.3) is 0 Å². The number of halogens is 1. The van der Waals surface area contributed by atoms with Crippen LogP contribution in [0.15, 0.2) is 48.5 Å². The molecular formula is C21H25FN2O3. The van der Waals surface area contributed by atoms with Crippen molar-refractivity contribution in [3.63, 3.8) is 0 Å². The summed E-state index contributed by atoms with van der Waals surface area (Å²) in [6.07, 6.45) is 0.802. The van der Waals surface area contributed by atoms with E-state index in [0.29, 0.717) is 43.1 Å². The number of amides is 2. The summed E-state index contributed by atoms with van der Waals surface area (Å²) in [6, 6.07) is 12.8. The summed E-state index contributed by atoms with van der Waals surface area (Å²) in [7, 11) is 0. The van der Waals surface area contributed by atoms with Gasteiger partial charge in [0.1, 0.15) is 11.6 Å². The number of hydrogen-bond donors (Lipinski definition) is 1. The molecule has 2 aromatic rings. The molecule has 0 atom stereocenters. The lowest BCUT2D eigenvalue weighted by atomic mass is 10.1. The first kappa shape index (κ1) is 20.4. The molecule has 27 heavy (non-hydrogen) atoms. The zero-order chi connectivity index (χ0) is 19.6. The molecule has 0 saturated carbocycles. The van der Waals surface area contributed by atoms with Gasteiger partial charge < -0.3 is 15.0 Å². The molecule has 144 valence electrons. The fourth-order valence-corrected chi connectivity index (χ4v) is 2.59. The number of carbonyl (C=O) groups excluding carboxylic acids is 2. The number of nitrogens with zero attached hydrogens (tertiary/aromatic N) is 1. The van der Waals surface area contributed by atoms with E-state index in [4.69, 9.17) is 4.74 Å². The highest BCUT2D eigenvalue weighted by atomic mass is 19.1. The molecule has 0 saturated heterocycles. The summed E-state index contributed by atoms with van der Waals surface area (Å²) in [5, 5.41) is 2.79. The van der Waals surface area contributed by atoms with E-state index < -0.39 is 0 Å². The van der Waals surface area contributed by atoms with Crippen LogP contribution in [-0.2, 0) is 4.79 Å². The molecule has 0 aliphatic rings. The molecule has 0 aliphatic heterocycles. The Kier molecular flexibility index (Phi) is 7.79. The van der Waals surface area contributed by atoms with Crippen LogP contribution in [0.4, 0.5) is 10.1 Å². The van der Waals surface area contributed by atoms with E-state index >= 15 is 0 Å². The van der Waals surface area contributed by atoms with Crippen LogP contribution < -0.4 is 10.1 Å². The highest BCUT2D eigenvalue weighted by Crippen LogP contribution is 2.14. The molecule has 0 spiro atoms. The Bertz CT molecular complexity index is 758. The molecule has 2 rings (SSSR count). The molecule has 2 aromatic carbocycles. The predicted molar refractivity (Wildman–Crippen MR) is 103 cm³/mol. The highest BCUT2D eigenvalue weighted by Gasteiger charge is 2.12. The minimum atomic E-state index is -0.354. The fraction of sp³-hybridized carbons (Fsp3) is 0.333. The Hall–Kier alpha value is -2.89. The topological polar surface area (TPSA) is 58.6 Å². The molecule has 6 heteroatoms. The summed E-state index contributed by atoms with van der Waals surface area (Å²) < 4.78 is 18.5. The minimum absolute atomic E-state index is 0.0210. The van der Waals surface area contributed by atoms with Gasteiger partial charge in [-0.1, -0.05) is 6.07 Å². The number of anilines is 1. The van der Waals surface area contributed by atoms with Gasteiger partial charge in [-0.15, -0.1) is 0 Å². The standard InChI is InChI=1S/C21H25FN2O3/c1-3-24(4-2)21(26)16-10-12-18(13-11-16)23-20(25)9-6-14-27-19-8-5-7-17(22)15-19/h5,7-8,10-13,15H,3-4,6,9,14H2,1-2H3,(H,23,25). The molecule has 5 nitrogen and oxygen atoms in total. The zero-order valence-corrected chi connectivity index (χ0v) is 15.7. The van der Waals surface area contributed by atoms with E-state index in [9.17, 15) is 14.0 Å². The number of benzene rings is 2. The van der Waals surface area contributed by atoms with Crippen LogP contribution in [0.5, 0.6) is 5.75 Å². The maximum atomic E-state index is 13.0. The zero-order valence-electron chi connectivity index (χ0n) is 15.7. The molecule has 1 N–H and O–H groups in total. The van der Waals surface area contributed by atoms with Crippen molar-refractivity contribution in [3.8, 4) is 5.75 Å². The smallest absolute Gasteiger partial charge is 0.253 e. The molecule has 0 bridgehead atoms. The fourth-order valence-electron chi connectivity index (χ4n) is 2.59. The molecule has 0 aromatic heterocycles. The Morgan fingerprint density at radius 1 is 1.07 bits per heavy atom. The maximum Gasteiger partial charge on any atom is 0.253 e. The van der Waals surface area contributed by atoms with Crippen molar-refractivity contribution >= 4 is 17.5 Å². The van der Waals surface area contributed by atoms with E-state index in [1.54, 1.807) is 41.3 Å². The van der Waals surface area contributed by atoms with Gasteiger partial charge in [-0.25, -0.2) is 4.39 Å². The Labute approximate surface area is 159 Å². The first-order chi connectivity index (χ1) is 13.0. The Morgan fingerprint density at radius 3 is 2.41 bits per heavy atom. The molecular weight excluding hydrogens is 347 g/mol. The van der Waals surface area contributed by atoms with Crippen molar-refractivity contribution in [2.75, 3.05) is 25.0 Å².